The largest absolute Gasteiger partial charge is 0.290 e. The molecular formula is C14H8N3S2+. The predicted octanol–water partition coefficient (Wildman–Crippen LogP) is 3.22. The van der Waals surface area contributed by atoms with Crippen LogP contribution in [0.15, 0.2) is 36.8 Å². The van der Waals surface area contributed by atoms with E-state index in [-0.39, 0.29) is 0 Å². The summed E-state index contributed by atoms with van der Waals surface area (Å²) in [6.45, 7) is 0.943. The summed E-state index contributed by atoms with van der Waals surface area (Å²) in [7, 11) is 0. The lowest BCUT2D eigenvalue weighted by molar-refractivity contribution is -0.639. The minimum absolute atomic E-state index is 0.943. The van der Waals surface area contributed by atoms with Gasteiger partial charge in [-0.3, -0.25) is 4.98 Å². The third-order valence-electron chi connectivity index (χ3n) is 3.54. The van der Waals surface area contributed by atoms with Gasteiger partial charge in [-0.25, -0.2) is 4.98 Å². The number of pyridine rings is 2. The number of thiazole rings is 1. The van der Waals surface area contributed by atoms with Crippen LogP contribution in [0.4, 0.5) is 0 Å². The van der Waals surface area contributed by atoms with Crippen molar-refractivity contribution < 1.29 is 4.57 Å². The van der Waals surface area contributed by atoms with Crippen molar-refractivity contribution in [1.82, 2.24) is 9.97 Å². The van der Waals surface area contributed by atoms with Gasteiger partial charge in [0.1, 0.15) is 4.70 Å². The van der Waals surface area contributed by atoms with Gasteiger partial charge in [0, 0.05) is 28.7 Å². The maximum Gasteiger partial charge on any atom is 0.290 e. The summed E-state index contributed by atoms with van der Waals surface area (Å²) in [5.74, 6) is 0. The quantitative estimate of drug-likeness (QED) is 0.408. The Morgan fingerprint density at radius 2 is 2.16 bits per heavy atom. The molecule has 90 valence electrons. The van der Waals surface area contributed by atoms with Gasteiger partial charge >= 0.3 is 0 Å². The fourth-order valence-corrected chi connectivity index (χ4v) is 5.33. The molecule has 0 N–H and O–H groups in total. The zero-order valence-electron chi connectivity index (χ0n) is 9.83. The molecule has 0 unspecified atom stereocenters. The molecule has 5 rings (SSSR count). The van der Waals surface area contributed by atoms with Gasteiger partial charge in [-0.1, -0.05) is 22.7 Å². The van der Waals surface area contributed by atoms with Gasteiger partial charge in [0.05, 0.1) is 5.56 Å². The lowest BCUT2D eigenvalue weighted by atomic mass is 10.2. The van der Waals surface area contributed by atoms with Crippen LogP contribution in [0.25, 0.3) is 30.3 Å². The first kappa shape index (κ1) is 10.00. The normalized spacial score (nSPS) is 13.1. The molecule has 0 bridgehead atoms. The Balaban J connectivity index is 1.93. The summed E-state index contributed by atoms with van der Waals surface area (Å²) < 4.78 is 5.05. The number of nitrogens with zero attached hydrogens (tertiary/aromatic N) is 3. The standard InChI is InChI=1S/C14H8N3S2/c1-2-8-7-17-13(11(8)16-4-1)19-12-9-6-15-5-3-10(9)18-14(12)17/h1-6H,7H2/q+1. The minimum atomic E-state index is 0.943. The molecule has 0 spiro atoms. The molecular weight excluding hydrogens is 274 g/mol. The van der Waals surface area contributed by atoms with E-state index in [4.69, 9.17) is 0 Å². The highest BCUT2D eigenvalue weighted by Crippen LogP contribution is 2.41. The molecule has 0 atom stereocenters. The predicted molar refractivity (Wildman–Crippen MR) is 77.5 cm³/mol. The van der Waals surface area contributed by atoms with Crippen molar-refractivity contribution in [2.24, 2.45) is 0 Å². The van der Waals surface area contributed by atoms with Crippen molar-refractivity contribution >= 4 is 42.3 Å². The molecule has 4 aromatic rings. The van der Waals surface area contributed by atoms with Gasteiger partial charge in [-0.2, -0.15) is 4.57 Å². The van der Waals surface area contributed by atoms with Gasteiger partial charge in [-0.05, 0) is 18.2 Å². The second-order valence-corrected chi connectivity index (χ2v) is 6.64. The average Bonchev–Trinajstić information content (AvgIpc) is 3.07. The Kier molecular flexibility index (Phi) is 1.78. The summed E-state index contributed by atoms with van der Waals surface area (Å²) in [5, 5.41) is 2.55. The van der Waals surface area contributed by atoms with Gasteiger partial charge < -0.3 is 0 Å². The zero-order valence-corrected chi connectivity index (χ0v) is 11.5. The van der Waals surface area contributed by atoms with Crippen molar-refractivity contribution in [3.63, 3.8) is 0 Å². The van der Waals surface area contributed by atoms with Crippen molar-refractivity contribution in [3.05, 3.63) is 42.4 Å². The Hall–Kier alpha value is -1.85. The molecule has 0 radical (unpaired) electrons. The third kappa shape index (κ3) is 1.19. The number of rotatable bonds is 0. The van der Waals surface area contributed by atoms with Crippen LogP contribution in [-0.2, 0) is 6.54 Å². The van der Waals surface area contributed by atoms with E-state index < -0.39 is 0 Å². The van der Waals surface area contributed by atoms with Crippen LogP contribution >= 0.6 is 22.7 Å². The van der Waals surface area contributed by atoms with E-state index in [1.165, 1.54) is 30.2 Å². The molecule has 5 heteroatoms. The van der Waals surface area contributed by atoms with Crippen LogP contribution in [0.2, 0.25) is 0 Å². The van der Waals surface area contributed by atoms with Crippen LogP contribution in [0, 0.1) is 0 Å². The summed E-state index contributed by atoms with van der Waals surface area (Å²) in [6, 6.07) is 6.28. The number of hydrogen-bond acceptors (Lipinski definition) is 4. The number of fused-ring (bicyclic) bond motifs is 7. The fourth-order valence-electron chi connectivity index (χ4n) is 2.68. The van der Waals surface area contributed by atoms with Gasteiger partial charge in [-0.15, -0.1) is 0 Å². The summed E-state index contributed by atoms with van der Waals surface area (Å²) in [4.78, 5) is 10.1. The van der Waals surface area contributed by atoms with E-state index in [0.29, 0.717) is 0 Å². The van der Waals surface area contributed by atoms with Crippen LogP contribution in [-0.4, -0.2) is 9.97 Å². The molecule has 1 aliphatic rings. The maximum absolute atomic E-state index is 4.53. The number of hydrogen-bond donors (Lipinski definition) is 0. The van der Waals surface area contributed by atoms with Crippen LogP contribution in [0.1, 0.15) is 5.56 Å². The van der Waals surface area contributed by atoms with Crippen molar-refractivity contribution in [1.29, 1.82) is 0 Å². The van der Waals surface area contributed by atoms with E-state index >= 15 is 0 Å². The van der Waals surface area contributed by atoms with Crippen LogP contribution < -0.4 is 4.57 Å². The third-order valence-corrected chi connectivity index (χ3v) is 6.09. The molecule has 0 aliphatic carbocycles. The summed E-state index contributed by atoms with van der Waals surface area (Å²) in [6.07, 6.45) is 5.71. The first-order valence-electron chi connectivity index (χ1n) is 6.05. The smallest absolute Gasteiger partial charge is 0.264 e. The Labute approximate surface area is 116 Å². The highest BCUT2D eigenvalue weighted by molar-refractivity contribution is 7.32. The topological polar surface area (TPSA) is 29.7 Å². The van der Waals surface area contributed by atoms with Gasteiger partial charge in [0.2, 0.25) is 0 Å². The summed E-state index contributed by atoms with van der Waals surface area (Å²) in [5.41, 5.74) is 2.47. The molecule has 0 saturated heterocycles. The van der Waals surface area contributed by atoms with Gasteiger partial charge in [0.15, 0.2) is 12.2 Å². The van der Waals surface area contributed by atoms with Crippen molar-refractivity contribution in [2.45, 2.75) is 6.54 Å². The van der Waals surface area contributed by atoms with E-state index in [2.05, 4.69) is 26.7 Å². The highest BCUT2D eigenvalue weighted by atomic mass is 32.1. The fraction of sp³-hybridized carbons (Fsp3) is 0.0714. The SMILES string of the molecule is c1cnc2c(c1)C[n+]1c-2sc2c3cnccc3sc21. The molecule has 0 fully saturated rings. The summed E-state index contributed by atoms with van der Waals surface area (Å²) >= 11 is 3.69. The number of thiophene rings is 1. The Bertz CT molecular complexity index is 952. The molecule has 0 amide bonds. The Morgan fingerprint density at radius 1 is 1.16 bits per heavy atom. The monoisotopic (exact) mass is 282 g/mol. The van der Waals surface area contributed by atoms with Crippen molar-refractivity contribution in [2.75, 3.05) is 0 Å². The maximum atomic E-state index is 4.53. The lowest BCUT2D eigenvalue weighted by Gasteiger charge is -1.88. The molecule has 0 aromatic carbocycles. The number of aromatic nitrogens is 3. The molecule has 3 nitrogen and oxygen atoms in total. The lowest BCUT2D eigenvalue weighted by Crippen LogP contribution is -2.29. The van der Waals surface area contributed by atoms with Crippen LogP contribution in [0.5, 0.6) is 0 Å². The first-order valence-corrected chi connectivity index (χ1v) is 7.68. The highest BCUT2D eigenvalue weighted by Gasteiger charge is 2.34. The molecule has 19 heavy (non-hydrogen) atoms. The Morgan fingerprint density at radius 3 is 3.16 bits per heavy atom. The first-order chi connectivity index (χ1) is 9.42. The van der Waals surface area contributed by atoms with E-state index in [1.54, 1.807) is 0 Å². The van der Waals surface area contributed by atoms with E-state index in [1.807, 2.05) is 47.3 Å². The van der Waals surface area contributed by atoms with E-state index in [0.717, 1.165) is 12.2 Å². The zero-order chi connectivity index (χ0) is 12.4. The minimum Gasteiger partial charge on any atom is -0.264 e. The second-order valence-electron chi connectivity index (χ2n) is 4.61. The molecule has 1 aliphatic heterocycles. The van der Waals surface area contributed by atoms with Gasteiger partial charge in [0.25, 0.3) is 9.84 Å². The molecule has 0 saturated carbocycles. The van der Waals surface area contributed by atoms with Crippen molar-refractivity contribution in [3.8, 4) is 10.7 Å². The average molecular weight is 282 g/mol. The molecule has 5 heterocycles. The van der Waals surface area contributed by atoms with E-state index in [9.17, 15) is 0 Å². The molecule has 4 aromatic heterocycles. The van der Waals surface area contributed by atoms with Crippen LogP contribution in [0.3, 0.4) is 0 Å². The second kappa shape index (κ2) is 3.37.